The topological polar surface area (TPSA) is 75.4 Å². The number of hydrogen-bond donors (Lipinski definition) is 1. The van der Waals surface area contributed by atoms with Gasteiger partial charge in [-0.05, 0) is 38.3 Å². The Labute approximate surface area is 132 Å². The molecule has 0 spiro atoms. The molecule has 0 radical (unpaired) electrons. The molecule has 1 saturated heterocycles. The number of rotatable bonds is 5. The second-order valence-corrected chi connectivity index (χ2v) is 6.38. The molecule has 2 N–H and O–H groups in total. The average molecular weight is 305 g/mol. The first kappa shape index (κ1) is 16.7. The predicted molar refractivity (Wildman–Crippen MR) is 87.5 cm³/mol. The quantitative estimate of drug-likeness (QED) is 0.890. The summed E-state index contributed by atoms with van der Waals surface area (Å²) in [4.78, 5) is 16.6. The third-order valence-electron chi connectivity index (χ3n) is 4.48. The van der Waals surface area contributed by atoms with Crippen LogP contribution in [0.15, 0.2) is 18.3 Å². The van der Waals surface area contributed by atoms with Gasteiger partial charge in [-0.3, -0.25) is 4.79 Å². The molecule has 0 aliphatic carbocycles. The number of amides is 1. The molecule has 1 amide bonds. The van der Waals surface area contributed by atoms with E-state index in [-0.39, 0.29) is 5.91 Å². The standard InChI is InChI=1S/C16H27N5O/c1-4-9-16(2,17)15(22)21-11-7-13(8-12-21)20(3)14-6-5-10-18-19-14/h5-6,10,13H,4,7-9,11-12,17H2,1-3H3. The Hall–Kier alpha value is -1.69. The molecule has 1 fully saturated rings. The van der Waals surface area contributed by atoms with Crippen LogP contribution >= 0.6 is 0 Å². The van der Waals surface area contributed by atoms with Crippen molar-refractivity contribution in [2.45, 2.75) is 51.1 Å². The van der Waals surface area contributed by atoms with Gasteiger partial charge in [0.1, 0.15) is 0 Å². The molecule has 1 unspecified atom stereocenters. The van der Waals surface area contributed by atoms with Crippen molar-refractivity contribution in [2.24, 2.45) is 5.73 Å². The number of carbonyl (C=O) groups excluding carboxylic acids is 1. The molecule has 1 atom stereocenters. The van der Waals surface area contributed by atoms with E-state index in [0.29, 0.717) is 6.04 Å². The summed E-state index contributed by atoms with van der Waals surface area (Å²) in [5, 5.41) is 8.07. The number of aromatic nitrogens is 2. The molecular weight excluding hydrogens is 278 g/mol. The summed E-state index contributed by atoms with van der Waals surface area (Å²) in [7, 11) is 2.04. The summed E-state index contributed by atoms with van der Waals surface area (Å²) < 4.78 is 0. The molecular formula is C16H27N5O. The van der Waals surface area contributed by atoms with Crippen molar-refractivity contribution < 1.29 is 4.79 Å². The van der Waals surface area contributed by atoms with Gasteiger partial charge in [0.25, 0.3) is 0 Å². The third-order valence-corrected chi connectivity index (χ3v) is 4.48. The van der Waals surface area contributed by atoms with Crippen molar-refractivity contribution in [2.75, 3.05) is 25.0 Å². The molecule has 0 saturated carbocycles. The fourth-order valence-corrected chi connectivity index (χ4v) is 3.11. The first-order chi connectivity index (χ1) is 10.5. The molecule has 1 aromatic rings. The molecule has 0 bridgehead atoms. The second kappa shape index (κ2) is 7.05. The summed E-state index contributed by atoms with van der Waals surface area (Å²) >= 11 is 0. The molecule has 1 aliphatic heterocycles. The van der Waals surface area contributed by atoms with Crippen LogP contribution in [0.1, 0.15) is 39.5 Å². The lowest BCUT2D eigenvalue weighted by Crippen LogP contribution is -2.56. The van der Waals surface area contributed by atoms with Gasteiger partial charge in [-0.25, -0.2) is 0 Å². The Morgan fingerprint density at radius 3 is 2.73 bits per heavy atom. The summed E-state index contributed by atoms with van der Waals surface area (Å²) in [6.45, 7) is 5.41. The minimum absolute atomic E-state index is 0.0787. The van der Waals surface area contributed by atoms with E-state index in [1.807, 2.05) is 31.0 Å². The lowest BCUT2D eigenvalue weighted by atomic mass is 9.93. The van der Waals surface area contributed by atoms with Crippen LogP contribution < -0.4 is 10.6 Å². The van der Waals surface area contributed by atoms with E-state index in [2.05, 4.69) is 22.0 Å². The Morgan fingerprint density at radius 2 is 2.18 bits per heavy atom. The van der Waals surface area contributed by atoms with Crippen molar-refractivity contribution in [3.05, 3.63) is 18.3 Å². The van der Waals surface area contributed by atoms with E-state index in [1.165, 1.54) is 0 Å². The van der Waals surface area contributed by atoms with E-state index < -0.39 is 5.54 Å². The van der Waals surface area contributed by atoms with Crippen LogP contribution in [-0.4, -0.2) is 52.7 Å². The Morgan fingerprint density at radius 1 is 1.50 bits per heavy atom. The fraction of sp³-hybridized carbons (Fsp3) is 0.688. The zero-order chi connectivity index (χ0) is 16.2. The minimum Gasteiger partial charge on any atom is -0.355 e. The van der Waals surface area contributed by atoms with Crippen molar-refractivity contribution in [1.29, 1.82) is 0 Å². The summed E-state index contributed by atoms with van der Waals surface area (Å²) in [5.41, 5.74) is 5.43. The number of anilines is 1. The van der Waals surface area contributed by atoms with Crippen LogP contribution in [0.25, 0.3) is 0 Å². The fourth-order valence-electron chi connectivity index (χ4n) is 3.11. The lowest BCUT2D eigenvalue weighted by molar-refractivity contribution is -0.137. The number of likely N-dealkylation sites (tertiary alicyclic amines) is 1. The highest BCUT2D eigenvalue weighted by molar-refractivity contribution is 5.85. The van der Waals surface area contributed by atoms with Crippen LogP contribution in [-0.2, 0) is 4.79 Å². The van der Waals surface area contributed by atoms with Crippen molar-refractivity contribution in [1.82, 2.24) is 15.1 Å². The van der Waals surface area contributed by atoms with E-state index >= 15 is 0 Å². The molecule has 1 aromatic heterocycles. The minimum atomic E-state index is -0.738. The number of carbonyl (C=O) groups is 1. The van der Waals surface area contributed by atoms with Gasteiger partial charge in [-0.1, -0.05) is 13.3 Å². The number of nitrogens with zero attached hydrogens (tertiary/aromatic N) is 4. The summed E-state index contributed by atoms with van der Waals surface area (Å²) in [5.74, 6) is 0.955. The molecule has 2 heterocycles. The predicted octanol–water partition coefficient (Wildman–Crippen LogP) is 1.42. The number of piperidine rings is 1. The first-order valence-electron chi connectivity index (χ1n) is 8.04. The Kier molecular flexibility index (Phi) is 5.34. The second-order valence-electron chi connectivity index (χ2n) is 6.38. The smallest absolute Gasteiger partial charge is 0.242 e. The maximum Gasteiger partial charge on any atom is 0.242 e. The number of hydrogen-bond acceptors (Lipinski definition) is 5. The highest BCUT2D eigenvalue weighted by Crippen LogP contribution is 2.22. The lowest BCUT2D eigenvalue weighted by Gasteiger charge is -2.39. The normalized spacial score (nSPS) is 18.8. The van der Waals surface area contributed by atoms with Gasteiger partial charge in [0, 0.05) is 32.4 Å². The zero-order valence-corrected chi connectivity index (χ0v) is 13.8. The molecule has 6 heteroatoms. The SMILES string of the molecule is CCCC(C)(N)C(=O)N1CCC(N(C)c2cccnn2)CC1. The molecule has 2 rings (SSSR count). The Balaban J connectivity index is 1.92. The van der Waals surface area contributed by atoms with Crippen LogP contribution in [0.3, 0.4) is 0 Å². The number of nitrogens with two attached hydrogens (primary N) is 1. The van der Waals surface area contributed by atoms with Crippen molar-refractivity contribution in [3.63, 3.8) is 0 Å². The van der Waals surface area contributed by atoms with Crippen molar-refractivity contribution in [3.8, 4) is 0 Å². The summed E-state index contributed by atoms with van der Waals surface area (Å²) in [6.07, 6.45) is 5.19. The molecule has 6 nitrogen and oxygen atoms in total. The van der Waals surface area contributed by atoms with Crippen molar-refractivity contribution >= 4 is 11.7 Å². The average Bonchev–Trinajstić information content (AvgIpc) is 2.54. The maximum absolute atomic E-state index is 12.5. The highest BCUT2D eigenvalue weighted by atomic mass is 16.2. The monoisotopic (exact) mass is 305 g/mol. The van der Waals surface area contributed by atoms with Crippen LogP contribution in [0, 0.1) is 0 Å². The molecule has 122 valence electrons. The zero-order valence-electron chi connectivity index (χ0n) is 13.8. The molecule has 1 aliphatic rings. The Bertz CT molecular complexity index is 483. The first-order valence-corrected chi connectivity index (χ1v) is 8.04. The maximum atomic E-state index is 12.5. The summed E-state index contributed by atoms with van der Waals surface area (Å²) in [6, 6.07) is 4.24. The van der Waals surface area contributed by atoms with Crippen LogP contribution in [0.5, 0.6) is 0 Å². The van der Waals surface area contributed by atoms with Crippen LogP contribution in [0.4, 0.5) is 5.82 Å². The van der Waals surface area contributed by atoms with Gasteiger partial charge in [-0.15, -0.1) is 5.10 Å². The van der Waals surface area contributed by atoms with Gasteiger partial charge >= 0.3 is 0 Å². The van der Waals surface area contributed by atoms with E-state index in [1.54, 1.807) is 6.20 Å². The largest absolute Gasteiger partial charge is 0.355 e. The van der Waals surface area contributed by atoms with Gasteiger partial charge in [0.2, 0.25) is 5.91 Å². The van der Waals surface area contributed by atoms with E-state index in [0.717, 1.165) is 44.6 Å². The highest BCUT2D eigenvalue weighted by Gasteiger charge is 2.34. The van der Waals surface area contributed by atoms with Gasteiger partial charge in [-0.2, -0.15) is 5.10 Å². The molecule has 22 heavy (non-hydrogen) atoms. The van der Waals surface area contributed by atoms with Gasteiger partial charge < -0.3 is 15.5 Å². The van der Waals surface area contributed by atoms with Gasteiger partial charge in [0.15, 0.2) is 5.82 Å². The van der Waals surface area contributed by atoms with E-state index in [9.17, 15) is 4.79 Å². The third kappa shape index (κ3) is 3.74. The molecule has 0 aromatic carbocycles. The van der Waals surface area contributed by atoms with E-state index in [4.69, 9.17) is 5.73 Å². The van der Waals surface area contributed by atoms with Gasteiger partial charge in [0.05, 0.1) is 5.54 Å². The van der Waals surface area contributed by atoms with Crippen LogP contribution in [0.2, 0.25) is 0 Å².